The van der Waals surface area contributed by atoms with Crippen LogP contribution in [-0.4, -0.2) is 14.8 Å². The maximum absolute atomic E-state index is 5.93. The first-order chi connectivity index (χ1) is 8.08. The van der Waals surface area contributed by atoms with Crippen LogP contribution < -0.4 is 0 Å². The molecule has 1 heterocycles. The molecule has 2 aromatic rings. The second kappa shape index (κ2) is 5.19. The minimum Gasteiger partial charge on any atom is -0.313 e. The maximum atomic E-state index is 5.93. The monoisotopic (exact) mass is 313 g/mol. The summed E-state index contributed by atoms with van der Waals surface area (Å²) in [5.74, 6) is 1.41. The van der Waals surface area contributed by atoms with Gasteiger partial charge in [-0.2, -0.15) is 0 Å². The first-order valence-corrected chi connectivity index (χ1v) is 6.58. The molecular weight excluding hydrogens is 302 g/mol. The Morgan fingerprint density at radius 3 is 2.82 bits per heavy atom. The van der Waals surface area contributed by atoms with Gasteiger partial charge in [0.15, 0.2) is 5.82 Å². The first-order valence-electron chi connectivity index (χ1n) is 5.41. The van der Waals surface area contributed by atoms with E-state index in [0.717, 1.165) is 22.4 Å². The van der Waals surface area contributed by atoms with E-state index in [1.807, 2.05) is 18.2 Å². The normalized spacial score (nSPS) is 11.1. The van der Waals surface area contributed by atoms with Crippen LogP contribution in [0.1, 0.15) is 13.8 Å². The molecule has 0 saturated heterocycles. The molecule has 90 valence electrons. The molecule has 0 bridgehead atoms. The van der Waals surface area contributed by atoms with Gasteiger partial charge in [0.25, 0.3) is 0 Å². The van der Waals surface area contributed by atoms with Crippen molar-refractivity contribution in [1.82, 2.24) is 14.8 Å². The van der Waals surface area contributed by atoms with E-state index in [-0.39, 0.29) is 0 Å². The molecule has 2 rings (SSSR count). The predicted octanol–water partition coefficient (Wildman–Crippen LogP) is 4.02. The van der Waals surface area contributed by atoms with Gasteiger partial charge < -0.3 is 4.57 Å². The fourth-order valence-corrected chi connectivity index (χ4v) is 2.52. The van der Waals surface area contributed by atoms with Crippen LogP contribution in [0.3, 0.4) is 0 Å². The molecule has 0 saturated carbocycles. The number of rotatable bonds is 3. The maximum Gasteiger partial charge on any atom is 0.164 e. The number of hydrogen-bond donors (Lipinski definition) is 0. The van der Waals surface area contributed by atoms with Crippen molar-refractivity contribution >= 4 is 27.5 Å². The number of halogens is 2. The Morgan fingerprint density at radius 1 is 1.41 bits per heavy atom. The Balaban J connectivity index is 2.42. The molecule has 5 heteroatoms. The third kappa shape index (κ3) is 2.87. The smallest absolute Gasteiger partial charge is 0.164 e. The SMILES string of the molecule is CC(C)Cn1cnnc1-c1ccc(Cl)cc1Br. The summed E-state index contributed by atoms with van der Waals surface area (Å²) in [6.07, 6.45) is 1.76. The van der Waals surface area contributed by atoms with Gasteiger partial charge in [-0.15, -0.1) is 10.2 Å². The number of hydrogen-bond acceptors (Lipinski definition) is 2. The average Bonchev–Trinajstić information content (AvgIpc) is 2.65. The van der Waals surface area contributed by atoms with Crippen LogP contribution in [0, 0.1) is 5.92 Å². The molecule has 0 amide bonds. The van der Waals surface area contributed by atoms with Crippen molar-refractivity contribution < 1.29 is 0 Å². The zero-order valence-corrected chi connectivity index (χ0v) is 12.0. The standard InChI is InChI=1S/C12H13BrClN3/c1-8(2)6-17-7-15-16-12(17)10-4-3-9(14)5-11(10)13/h3-5,7-8H,6H2,1-2H3. The summed E-state index contributed by atoms with van der Waals surface area (Å²) in [6, 6.07) is 5.68. The fourth-order valence-electron chi connectivity index (χ4n) is 1.66. The number of nitrogens with zero attached hydrogens (tertiary/aromatic N) is 3. The van der Waals surface area contributed by atoms with E-state index in [0.29, 0.717) is 10.9 Å². The second-order valence-corrected chi connectivity index (χ2v) is 5.62. The van der Waals surface area contributed by atoms with Gasteiger partial charge in [-0.05, 0) is 40.0 Å². The largest absolute Gasteiger partial charge is 0.313 e. The van der Waals surface area contributed by atoms with E-state index >= 15 is 0 Å². The second-order valence-electron chi connectivity index (χ2n) is 4.32. The Labute approximate surface area is 114 Å². The van der Waals surface area contributed by atoms with Gasteiger partial charge in [0.05, 0.1) is 0 Å². The van der Waals surface area contributed by atoms with Crippen molar-refractivity contribution in [1.29, 1.82) is 0 Å². The lowest BCUT2D eigenvalue weighted by molar-refractivity contribution is 0.525. The summed E-state index contributed by atoms with van der Waals surface area (Å²) >= 11 is 9.43. The van der Waals surface area contributed by atoms with Crippen LogP contribution in [0.5, 0.6) is 0 Å². The van der Waals surface area contributed by atoms with Crippen molar-refractivity contribution in [3.05, 3.63) is 34.0 Å². The molecule has 0 atom stereocenters. The molecule has 17 heavy (non-hydrogen) atoms. The Hall–Kier alpha value is -0.870. The highest BCUT2D eigenvalue weighted by Crippen LogP contribution is 2.29. The van der Waals surface area contributed by atoms with Crippen molar-refractivity contribution in [3.63, 3.8) is 0 Å². The Bertz CT molecular complexity index is 522. The summed E-state index contributed by atoms with van der Waals surface area (Å²) in [6.45, 7) is 5.23. The highest BCUT2D eigenvalue weighted by atomic mass is 79.9. The fraction of sp³-hybridized carbons (Fsp3) is 0.333. The van der Waals surface area contributed by atoms with Crippen molar-refractivity contribution in [3.8, 4) is 11.4 Å². The summed E-state index contributed by atoms with van der Waals surface area (Å²) in [5, 5.41) is 8.85. The van der Waals surface area contributed by atoms with Gasteiger partial charge in [0.2, 0.25) is 0 Å². The van der Waals surface area contributed by atoms with E-state index in [1.54, 1.807) is 6.33 Å². The van der Waals surface area contributed by atoms with Gasteiger partial charge in [0, 0.05) is 21.6 Å². The summed E-state index contributed by atoms with van der Waals surface area (Å²) < 4.78 is 2.99. The molecule has 0 aliphatic rings. The molecule has 0 radical (unpaired) electrons. The topological polar surface area (TPSA) is 30.7 Å². The van der Waals surface area contributed by atoms with Crippen LogP contribution in [0.15, 0.2) is 29.0 Å². The molecule has 0 aliphatic heterocycles. The zero-order chi connectivity index (χ0) is 12.4. The van der Waals surface area contributed by atoms with Gasteiger partial charge >= 0.3 is 0 Å². The van der Waals surface area contributed by atoms with Crippen LogP contribution >= 0.6 is 27.5 Å². The van der Waals surface area contributed by atoms with Crippen LogP contribution in [-0.2, 0) is 6.54 Å². The lowest BCUT2D eigenvalue weighted by Crippen LogP contribution is -2.05. The molecular formula is C12H13BrClN3. The van der Waals surface area contributed by atoms with Crippen LogP contribution in [0.25, 0.3) is 11.4 Å². The highest BCUT2D eigenvalue weighted by molar-refractivity contribution is 9.10. The van der Waals surface area contributed by atoms with E-state index in [2.05, 4.69) is 44.5 Å². The summed E-state index contributed by atoms with van der Waals surface area (Å²) in [5.41, 5.74) is 1.01. The Morgan fingerprint density at radius 2 is 2.18 bits per heavy atom. The number of benzene rings is 1. The molecule has 1 aromatic carbocycles. The molecule has 1 aromatic heterocycles. The van der Waals surface area contributed by atoms with Crippen molar-refractivity contribution in [2.45, 2.75) is 20.4 Å². The predicted molar refractivity (Wildman–Crippen MR) is 73.0 cm³/mol. The van der Waals surface area contributed by atoms with Crippen LogP contribution in [0.2, 0.25) is 5.02 Å². The summed E-state index contributed by atoms with van der Waals surface area (Å²) in [4.78, 5) is 0. The van der Waals surface area contributed by atoms with E-state index < -0.39 is 0 Å². The Kier molecular flexibility index (Phi) is 3.84. The van der Waals surface area contributed by atoms with Gasteiger partial charge in [-0.1, -0.05) is 25.4 Å². The molecule has 0 aliphatic carbocycles. The minimum absolute atomic E-state index is 0.552. The van der Waals surface area contributed by atoms with E-state index in [4.69, 9.17) is 11.6 Å². The molecule has 0 unspecified atom stereocenters. The summed E-state index contributed by atoms with van der Waals surface area (Å²) in [7, 11) is 0. The zero-order valence-electron chi connectivity index (χ0n) is 9.69. The molecule has 0 N–H and O–H groups in total. The minimum atomic E-state index is 0.552. The first kappa shape index (κ1) is 12.6. The van der Waals surface area contributed by atoms with Crippen LogP contribution in [0.4, 0.5) is 0 Å². The van der Waals surface area contributed by atoms with Gasteiger partial charge in [-0.25, -0.2) is 0 Å². The highest BCUT2D eigenvalue weighted by Gasteiger charge is 2.11. The number of aromatic nitrogens is 3. The van der Waals surface area contributed by atoms with E-state index in [9.17, 15) is 0 Å². The van der Waals surface area contributed by atoms with Gasteiger partial charge in [-0.3, -0.25) is 0 Å². The third-order valence-electron chi connectivity index (χ3n) is 2.35. The van der Waals surface area contributed by atoms with Gasteiger partial charge in [0.1, 0.15) is 6.33 Å². The lowest BCUT2D eigenvalue weighted by atomic mass is 10.2. The quantitative estimate of drug-likeness (QED) is 0.857. The van der Waals surface area contributed by atoms with Crippen molar-refractivity contribution in [2.24, 2.45) is 5.92 Å². The van der Waals surface area contributed by atoms with E-state index in [1.165, 1.54) is 0 Å². The molecule has 0 spiro atoms. The lowest BCUT2D eigenvalue weighted by Gasteiger charge is -2.10. The molecule has 3 nitrogen and oxygen atoms in total. The third-order valence-corrected chi connectivity index (χ3v) is 3.24. The molecule has 0 fully saturated rings. The average molecular weight is 315 g/mol. The van der Waals surface area contributed by atoms with Crippen molar-refractivity contribution in [2.75, 3.05) is 0 Å².